The Balaban J connectivity index is 1.08. The monoisotopic (exact) mass is 558 g/mol. The van der Waals surface area contributed by atoms with Crippen molar-refractivity contribution in [3.63, 3.8) is 0 Å². The van der Waals surface area contributed by atoms with E-state index in [4.69, 9.17) is 28.2 Å². The van der Waals surface area contributed by atoms with Gasteiger partial charge in [-0.05, 0) is 105 Å². The number of aromatic nitrogens is 2. The zero-order valence-corrected chi connectivity index (χ0v) is 23.8. The van der Waals surface area contributed by atoms with Crippen LogP contribution in [0.3, 0.4) is 0 Å². The summed E-state index contributed by atoms with van der Waals surface area (Å²) in [6.45, 7) is 4.44. The minimum absolute atomic E-state index is 0.369. The summed E-state index contributed by atoms with van der Waals surface area (Å²) < 4.78 is 2.52. The summed E-state index contributed by atoms with van der Waals surface area (Å²) in [5.74, 6) is 2.27. The Labute approximate surface area is 241 Å². The molecule has 39 heavy (non-hydrogen) atoms. The predicted octanol–water partition coefficient (Wildman–Crippen LogP) is 7.11. The molecule has 1 N–H and O–H groups in total. The van der Waals surface area contributed by atoms with Gasteiger partial charge in [0.15, 0.2) is 0 Å². The van der Waals surface area contributed by atoms with Gasteiger partial charge in [-0.25, -0.2) is 4.98 Å². The maximum absolute atomic E-state index is 6.29. The summed E-state index contributed by atoms with van der Waals surface area (Å²) in [7, 11) is 0. The molecule has 4 nitrogen and oxygen atoms in total. The van der Waals surface area contributed by atoms with E-state index >= 15 is 0 Å². The first kappa shape index (κ1) is 25.6. The number of para-hydroxylation sites is 2. The summed E-state index contributed by atoms with van der Waals surface area (Å²) in [4.78, 5) is 8.04. The fourth-order valence-electron chi connectivity index (χ4n) is 7.51. The van der Waals surface area contributed by atoms with Gasteiger partial charge >= 0.3 is 0 Å². The molecule has 3 aliphatic heterocycles. The van der Waals surface area contributed by atoms with Gasteiger partial charge < -0.3 is 14.8 Å². The zero-order valence-electron chi connectivity index (χ0n) is 22.3. The summed E-state index contributed by atoms with van der Waals surface area (Å²) in [5.41, 5.74) is 6.69. The highest BCUT2D eigenvalue weighted by Gasteiger charge is 2.37. The number of aryl methyl sites for hydroxylation is 2. The van der Waals surface area contributed by atoms with E-state index in [9.17, 15) is 0 Å². The highest BCUT2D eigenvalue weighted by Crippen LogP contribution is 2.42. The Morgan fingerprint density at radius 3 is 2.56 bits per heavy atom. The number of hydrogen-bond acceptors (Lipinski definition) is 3. The van der Waals surface area contributed by atoms with Crippen molar-refractivity contribution < 1.29 is 0 Å². The van der Waals surface area contributed by atoms with Crippen LogP contribution >= 0.6 is 23.2 Å². The summed E-state index contributed by atoms with van der Waals surface area (Å²) in [5, 5.41) is 5.04. The van der Waals surface area contributed by atoms with Gasteiger partial charge in [0.25, 0.3) is 0 Å². The van der Waals surface area contributed by atoms with Crippen molar-refractivity contribution in [1.29, 1.82) is 0 Å². The lowest BCUT2D eigenvalue weighted by atomic mass is 9.77. The molecule has 3 aliphatic rings. The molecular weight excluding hydrogens is 523 g/mol. The van der Waals surface area contributed by atoms with Crippen LogP contribution in [-0.4, -0.2) is 46.2 Å². The number of nitrogens with zero attached hydrogens (tertiary/aromatic N) is 3. The van der Waals surface area contributed by atoms with Crippen LogP contribution in [-0.2, 0) is 19.4 Å². The van der Waals surface area contributed by atoms with E-state index in [0.717, 1.165) is 31.4 Å². The molecule has 0 radical (unpaired) electrons. The maximum atomic E-state index is 6.29. The lowest BCUT2D eigenvalue weighted by Crippen LogP contribution is -2.51. The number of nitrogens with one attached hydrogen (secondary N) is 1. The molecule has 202 valence electrons. The fourth-order valence-corrected chi connectivity index (χ4v) is 7.83. The van der Waals surface area contributed by atoms with E-state index in [2.05, 4.69) is 69.4 Å². The van der Waals surface area contributed by atoms with Crippen LogP contribution in [0.1, 0.15) is 54.1 Å². The molecule has 4 aromatic rings. The first-order valence-corrected chi connectivity index (χ1v) is 15.3. The van der Waals surface area contributed by atoms with Gasteiger partial charge in [0.05, 0.1) is 21.1 Å². The SMILES string of the molecule is Clc1ccc(C[C@H]2C[C@H](N3CCC(C4c5ccccc5CCn5c4nc4ccccc45)CC3)CCN2)cc1Cl. The van der Waals surface area contributed by atoms with Crippen LogP contribution < -0.4 is 5.32 Å². The van der Waals surface area contributed by atoms with E-state index in [1.54, 1.807) is 0 Å². The van der Waals surface area contributed by atoms with Crippen molar-refractivity contribution in [3.05, 3.63) is 99.3 Å². The Morgan fingerprint density at radius 2 is 1.69 bits per heavy atom. The number of hydrogen-bond donors (Lipinski definition) is 1. The van der Waals surface area contributed by atoms with Crippen molar-refractivity contribution in [2.75, 3.05) is 19.6 Å². The van der Waals surface area contributed by atoms with Gasteiger partial charge in [-0.2, -0.15) is 0 Å². The Morgan fingerprint density at radius 1 is 0.872 bits per heavy atom. The van der Waals surface area contributed by atoms with E-state index in [0.29, 0.717) is 34.0 Å². The van der Waals surface area contributed by atoms with Crippen molar-refractivity contribution in [3.8, 4) is 0 Å². The molecule has 0 spiro atoms. The first-order chi connectivity index (χ1) is 19.1. The van der Waals surface area contributed by atoms with Crippen LogP contribution in [0.25, 0.3) is 11.0 Å². The van der Waals surface area contributed by atoms with Crippen molar-refractivity contribution in [1.82, 2.24) is 19.8 Å². The van der Waals surface area contributed by atoms with Gasteiger partial charge in [-0.3, -0.25) is 0 Å². The zero-order chi connectivity index (χ0) is 26.3. The number of imidazole rings is 1. The molecule has 0 bridgehead atoms. The third-order valence-electron chi connectivity index (χ3n) is 9.45. The molecule has 0 amide bonds. The molecule has 0 saturated carbocycles. The van der Waals surface area contributed by atoms with Gasteiger partial charge in [-0.1, -0.05) is 65.7 Å². The van der Waals surface area contributed by atoms with E-state index < -0.39 is 0 Å². The quantitative estimate of drug-likeness (QED) is 0.289. The molecule has 2 saturated heterocycles. The lowest BCUT2D eigenvalue weighted by molar-refractivity contribution is 0.0942. The van der Waals surface area contributed by atoms with Gasteiger partial charge in [0.1, 0.15) is 5.82 Å². The van der Waals surface area contributed by atoms with E-state index in [1.807, 2.05) is 12.1 Å². The third kappa shape index (κ3) is 5.02. The van der Waals surface area contributed by atoms with Gasteiger partial charge in [-0.15, -0.1) is 0 Å². The average molecular weight is 560 g/mol. The summed E-state index contributed by atoms with van der Waals surface area (Å²) >= 11 is 12.4. The fraction of sp³-hybridized carbons (Fsp3) is 0.424. The normalized spacial score (nSPS) is 24.3. The average Bonchev–Trinajstić information content (AvgIpc) is 3.24. The number of benzene rings is 3. The molecule has 1 unspecified atom stereocenters. The molecule has 4 heterocycles. The summed E-state index contributed by atoms with van der Waals surface area (Å²) in [6.07, 6.45) is 6.94. The van der Waals surface area contributed by atoms with Crippen LogP contribution in [0.2, 0.25) is 10.0 Å². The predicted molar refractivity (Wildman–Crippen MR) is 161 cm³/mol. The number of likely N-dealkylation sites (tertiary alicyclic amines) is 1. The van der Waals surface area contributed by atoms with Gasteiger partial charge in [0.2, 0.25) is 0 Å². The van der Waals surface area contributed by atoms with Crippen molar-refractivity contribution >= 4 is 34.2 Å². The Bertz CT molecular complexity index is 1470. The molecule has 2 fully saturated rings. The second kappa shape index (κ2) is 10.9. The van der Waals surface area contributed by atoms with Crippen molar-refractivity contribution in [2.45, 2.75) is 63.1 Å². The number of rotatable bonds is 4. The lowest BCUT2D eigenvalue weighted by Gasteiger charge is -2.43. The second-order valence-corrected chi connectivity index (χ2v) is 12.5. The largest absolute Gasteiger partial charge is 0.327 e. The minimum Gasteiger partial charge on any atom is -0.327 e. The third-order valence-corrected chi connectivity index (χ3v) is 10.2. The molecular formula is C33H36Cl2N4. The topological polar surface area (TPSA) is 33.1 Å². The molecule has 6 heteroatoms. The molecule has 1 aromatic heterocycles. The first-order valence-electron chi connectivity index (χ1n) is 14.6. The van der Waals surface area contributed by atoms with E-state index in [1.165, 1.54) is 66.8 Å². The number of piperidine rings is 2. The van der Waals surface area contributed by atoms with Crippen LogP contribution in [0.5, 0.6) is 0 Å². The van der Waals surface area contributed by atoms with Crippen molar-refractivity contribution in [2.24, 2.45) is 5.92 Å². The Hall–Kier alpha value is -2.37. The van der Waals surface area contributed by atoms with E-state index in [-0.39, 0.29) is 0 Å². The summed E-state index contributed by atoms with van der Waals surface area (Å²) in [6, 6.07) is 25.0. The maximum Gasteiger partial charge on any atom is 0.117 e. The molecule has 3 atom stereocenters. The number of fused-ring (bicyclic) bond motifs is 4. The Kier molecular flexibility index (Phi) is 7.15. The smallest absolute Gasteiger partial charge is 0.117 e. The molecule has 0 aliphatic carbocycles. The van der Waals surface area contributed by atoms with Crippen LogP contribution in [0.4, 0.5) is 0 Å². The van der Waals surface area contributed by atoms with Gasteiger partial charge in [0, 0.05) is 24.5 Å². The highest BCUT2D eigenvalue weighted by atomic mass is 35.5. The standard InChI is InChI=1S/C33H36Cl2N4/c34-28-10-9-22(20-29(28)35)19-25-21-26(11-15-36-25)38-16-12-24(13-17-38)32-27-6-2-1-5-23(27)14-18-39-31-8-4-3-7-30(31)37-33(32)39/h1-10,20,24-26,32,36H,11-19,21H2/t25-,26+,32?/m0/s1. The van der Waals surface area contributed by atoms with Crippen LogP contribution in [0, 0.1) is 5.92 Å². The second-order valence-electron chi connectivity index (χ2n) is 11.7. The molecule has 3 aromatic carbocycles. The number of halogens is 2. The minimum atomic E-state index is 0.369. The highest BCUT2D eigenvalue weighted by molar-refractivity contribution is 6.42. The van der Waals surface area contributed by atoms with Crippen LogP contribution in [0.15, 0.2) is 66.7 Å². The molecule has 7 rings (SSSR count).